The van der Waals surface area contributed by atoms with Gasteiger partial charge in [0.2, 0.25) is 5.13 Å². The molecule has 0 atom stereocenters. The monoisotopic (exact) mass is 447 g/mol. The SMILES string of the molecule is Cc1nnc(N2C(=O)c3ccc(C(=O)OCc4ccc(Cl)cc4Cl)cc3C2=O)s1. The Morgan fingerprint density at radius 3 is 2.52 bits per heavy atom. The first kappa shape index (κ1) is 19.5. The van der Waals surface area contributed by atoms with Gasteiger partial charge in [-0.15, -0.1) is 10.2 Å². The van der Waals surface area contributed by atoms with E-state index in [2.05, 4.69) is 10.2 Å². The number of carbonyl (C=O) groups is 3. The first-order valence-electron chi connectivity index (χ1n) is 8.29. The molecule has 2 amide bonds. The summed E-state index contributed by atoms with van der Waals surface area (Å²) in [6, 6.07) is 9.05. The zero-order valence-electron chi connectivity index (χ0n) is 14.8. The van der Waals surface area contributed by atoms with Gasteiger partial charge in [0.1, 0.15) is 11.6 Å². The molecule has 1 aliphatic heterocycles. The maximum absolute atomic E-state index is 12.7. The van der Waals surface area contributed by atoms with Crippen LogP contribution < -0.4 is 4.90 Å². The van der Waals surface area contributed by atoms with E-state index in [0.717, 1.165) is 16.2 Å². The number of amides is 2. The molecule has 0 radical (unpaired) electrons. The van der Waals surface area contributed by atoms with Crippen molar-refractivity contribution in [1.29, 1.82) is 0 Å². The molecule has 10 heteroatoms. The van der Waals surface area contributed by atoms with Crippen LogP contribution in [0.2, 0.25) is 10.0 Å². The Morgan fingerprint density at radius 1 is 1.07 bits per heavy atom. The van der Waals surface area contributed by atoms with Crippen LogP contribution in [0.4, 0.5) is 5.13 Å². The molecule has 4 rings (SSSR count). The second-order valence-corrected chi connectivity index (χ2v) is 8.13. The molecule has 3 aromatic rings. The van der Waals surface area contributed by atoms with Crippen LogP contribution in [0.3, 0.4) is 0 Å². The van der Waals surface area contributed by atoms with Crippen LogP contribution >= 0.6 is 34.5 Å². The first-order valence-corrected chi connectivity index (χ1v) is 9.86. The summed E-state index contributed by atoms with van der Waals surface area (Å²) in [7, 11) is 0. The van der Waals surface area contributed by atoms with Crippen molar-refractivity contribution < 1.29 is 19.1 Å². The minimum atomic E-state index is -0.649. The second kappa shape index (κ2) is 7.55. The molecule has 7 nitrogen and oxygen atoms in total. The number of anilines is 1. The summed E-state index contributed by atoms with van der Waals surface area (Å²) in [5.74, 6) is -1.71. The Kier molecular flexibility index (Phi) is 5.08. The molecule has 0 spiro atoms. The van der Waals surface area contributed by atoms with Crippen molar-refractivity contribution in [3.05, 3.63) is 73.7 Å². The standard InChI is InChI=1S/C19H11Cl2N3O4S/c1-9-22-23-19(29-9)24-16(25)13-5-3-10(6-14(13)17(24)26)18(27)28-8-11-2-4-12(20)7-15(11)21/h2-7H,8H2,1H3. The number of aryl methyl sites for hydroxylation is 1. The van der Waals surface area contributed by atoms with E-state index >= 15 is 0 Å². The third-order valence-corrected chi connectivity index (χ3v) is 5.61. The summed E-state index contributed by atoms with van der Waals surface area (Å²) in [5, 5.41) is 9.36. The van der Waals surface area contributed by atoms with E-state index in [4.69, 9.17) is 27.9 Å². The van der Waals surface area contributed by atoms with Gasteiger partial charge in [-0.2, -0.15) is 0 Å². The highest BCUT2D eigenvalue weighted by molar-refractivity contribution is 7.15. The van der Waals surface area contributed by atoms with Gasteiger partial charge in [0, 0.05) is 15.6 Å². The van der Waals surface area contributed by atoms with Gasteiger partial charge in [-0.25, -0.2) is 9.69 Å². The number of fused-ring (bicyclic) bond motifs is 1. The van der Waals surface area contributed by atoms with Crippen LogP contribution in [-0.4, -0.2) is 28.0 Å². The quantitative estimate of drug-likeness (QED) is 0.437. The van der Waals surface area contributed by atoms with Crippen molar-refractivity contribution >= 4 is 57.5 Å². The number of imide groups is 1. The highest BCUT2D eigenvalue weighted by atomic mass is 35.5. The Balaban J connectivity index is 1.55. The van der Waals surface area contributed by atoms with Gasteiger partial charge in [0.15, 0.2) is 0 Å². The molecule has 0 bridgehead atoms. The van der Waals surface area contributed by atoms with Gasteiger partial charge in [0.05, 0.1) is 16.7 Å². The van der Waals surface area contributed by atoms with Crippen LogP contribution in [0, 0.1) is 6.92 Å². The minimum Gasteiger partial charge on any atom is -0.457 e. The van der Waals surface area contributed by atoms with Gasteiger partial charge in [-0.3, -0.25) is 9.59 Å². The molecule has 0 saturated heterocycles. The number of aromatic nitrogens is 2. The molecule has 2 heterocycles. The molecule has 0 N–H and O–H groups in total. The molecule has 29 heavy (non-hydrogen) atoms. The maximum Gasteiger partial charge on any atom is 0.338 e. The lowest BCUT2D eigenvalue weighted by atomic mass is 10.1. The van der Waals surface area contributed by atoms with Crippen LogP contribution in [0.1, 0.15) is 41.6 Å². The third kappa shape index (κ3) is 3.62. The largest absolute Gasteiger partial charge is 0.457 e. The highest BCUT2D eigenvalue weighted by Gasteiger charge is 2.39. The number of esters is 1. The molecule has 146 valence electrons. The topological polar surface area (TPSA) is 89.5 Å². The van der Waals surface area contributed by atoms with Crippen molar-refractivity contribution in [1.82, 2.24) is 10.2 Å². The van der Waals surface area contributed by atoms with Crippen LogP contribution in [0.25, 0.3) is 0 Å². The van der Waals surface area contributed by atoms with E-state index < -0.39 is 17.8 Å². The average molecular weight is 448 g/mol. The molecule has 0 aliphatic carbocycles. The number of nitrogens with zero attached hydrogens (tertiary/aromatic N) is 3. The van der Waals surface area contributed by atoms with E-state index in [-0.39, 0.29) is 28.4 Å². The molecular formula is C19H11Cl2N3O4S. The lowest BCUT2D eigenvalue weighted by molar-refractivity contribution is 0.0472. The number of hydrogen-bond donors (Lipinski definition) is 0. The minimum absolute atomic E-state index is 0.0605. The predicted octanol–water partition coefficient (Wildman–Crippen LogP) is 4.31. The Morgan fingerprint density at radius 2 is 1.83 bits per heavy atom. The summed E-state index contributed by atoms with van der Waals surface area (Å²) >= 11 is 13.1. The second-order valence-electron chi connectivity index (χ2n) is 6.12. The fraction of sp³-hybridized carbons (Fsp3) is 0.105. The van der Waals surface area contributed by atoms with Crippen molar-refractivity contribution in [3.63, 3.8) is 0 Å². The molecule has 0 unspecified atom stereocenters. The lowest BCUT2D eigenvalue weighted by Gasteiger charge is -2.08. The predicted molar refractivity (Wildman–Crippen MR) is 108 cm³/mol. The maximum atomic E-state index is 12.7. The van der Waals surface area contributed by atoms with E-state index in [9.17, 15) is 14.4 Å². The first-order chi connectivity index (χ1) is 13.8. The molecule has 0 fully saturated rings. The molecule has 1 aliphatic rings. The zero-order valence-corrected chi connectivity index (χ0v) is 17.1. The number of rotatable bonds is 4. The van der Waals surface area contributed by atoms with Gasteiger partial charge in [0.25, 0.3) is 11.8 Å². The molecule has 1 aromatic heterocycles. The van der Waals surface area contributed by atoms with Crippen LogP contribution in [0.5, 0.6) is 0 Å². The van der Waals surface area contributed by atoms with E-state index in [0.29, 0.717) is 20.6 Å². The highest BCUT2D eigenvalue weighted by Crippen LogP contribution is 2.31. The number of halogens is 2. The lowest BCUT2D eigenvalue weighted by Crippen LogP contribution is -2.29. The third-order valence-electron chi connectivity index (χ3n) is 4.20. The van der Waals surface area contributed by atoms with Crippen molar-refractivity contribution in [2.24, 2.45) is 0 Å². The summed E-state index contributed by atoms with van der Waals surface area (Å²) in [6.45, 7) is 1.66. The fourth-order valence-electron chi connectivity index (χ4n) is 2.78. The van der Waals surface area contributed by atoms with Crippen LogP contribution in [-0.2, 0) is 11.3 Å². The van der Waals surface area contributed by atoms with Crippen molar-refractivity contribution in [2.45, 2.75) is 13.5 Å². The number of hydrogen-bond acceptors (Lipinski definition) is 7. The Labute approximate surface area is 178 Å². The normalized spacial score (nSPS) is 13.0. The van der Waals surface area contributed by atoms with Crippen molar-refractivity contribution in [3.8, 4) is 0 Å². The Hall–Kier alpha value is -2.81. The smallest absolute Gasteiger partial charge is 0.338 e. The fourth-order valence-corrected chi connectivity index (χ4v) is 3.93. The van der Waals surface area contributed by atoms with Crippen molar-refractivity contribution in [2.75, 3.05) is 4.90 Å². The van der Waals surface area contributed by atoms with Crippen LogP contribution in [0.15, 0.2) is 36.4 Å². The van der Waals surface area contributed by atoms with Gasteiger partial charge in [-0.1, -0.05) is 40.6 Å². The van der Waals surface area contributed by atoms with Gasteiger partial charge < -0.3 is 4.74 Å². The number of carbonyl (C=O) groups excluding carboxylic acids is 3. The molecule has 0 saturated carbocycles. The molecular weight excluding hydrogens is 437 g/mol. The van der Waals surface area contributed by atoms with E-state index in [1.807, 2.05) is 0 Å². The summed E-state index contributed by atoms with van der Waals surface area (Å²) in [5.41, 5.74) is 1.04. The average Bonchev–Trinajstić information content (AvgIpc) is 3.21. The zero-order chi connectivity index (χ0) is 20.7. The molecule has 2 aromatic carbocycles. The Bertz CT molecular complexity index is 1180. The number of benzene rings is 2. The summed E-state index contributed by atoms with van der Waals surface area (Å²) < 4.78 is 5.27. The van der Waals surface area contributed by atoms with E-state index in [1.165, 1.54) is 18.2 Å². The van der Waals surface area contributed by atoms with Gasteiger partial charge >= 0.3 is 5.97 Å². The summed E-state index contributed by atoms with van der Waals surface area (Å²) in [4.78, 5) is 38.7. The summed E-state index contributed by atoms with van der Waals surface area (Å²) in [6.07, 6.45) is 0. The van der Waals surface area contributed by atoms with Gasteiger partial charge in [-0.05, 0) is 37.3 Å². The van der Waals surface area contributed by atoms with E-state index in [1.54, 1.807) is 25.1 Å². The number of ether oxygens (including phenoxy) is 1.